The van der Waals surface area contributed by atoms with Gasteiger partial charge in [-0.15, -0.1) is 37.7 Å². The van der Waals surface area contributed by atoms with Crippen molar-refractivity contribution in [1.29, 1.82) is 0 Å². The fourth-order valence-corrected chi connectivity index (χ4v) is 0. The van der Waals surface area contributed by atoms with Gasteiger partial charge in [-0.05, 0) is 0 Å². The van der Waals surface area contributed by atoms with Gasteiger partial charge in [0.05, 0.1) is 3.53 Å². The molecule has 0 amide bonds. The summed E-state index contributed by atoms with van der Waals surface area (Å²) >= 11 is 11.4. The smallest absolute Gasteiger partial charge is 0.0976 e. The van der Waals surface area contributed by atoms with Gasteiger partial charge in [-0.3, -0.25) is 0 Å². The highest BCUT2D eigenvalue weighted by molar-refractivity contribution is 8.34. The van der Waals surface area contributed by atoms with Crippen LogP contribution >= 0.6 is 49.9 Å². The summed E-state index contributed by atoms with van der Waals surface area (Å²) in [6, 6.07) is 0. The Balaban J connectivity index is 0. The number of thiocarbonyl (C=S) groups is 1. The van der Waals surface area contributed by atoms with E-state index in [0.717, 1.165) is 0 Å². The van der Waals surface area contributed by atoms with Crippen molar-refractivity contribution in [3.63, 3.8) is 0 Å². The average molecular weight is 147 g/mol. The molecule has 5 heavy (non-hydrogen) atoms. The third-order valence-electron chi connectivity index (χ3n) is 0. The molecule has 0 aliphatic rings. The quantitative estimate of drug-likeness (QED) is 0.387. The topological polar surface area (TPSA) is 0 Å². The first kappa shape index (κ1) is 9.43. The molecule has 0 aromatic heterocycles. The molecular weight excluding hydrogens is 144 g/mol. The zero-order chi connectivity index (χ0) is 3.58. The zero-order valence-electron chi connectivity index (χ0n) is 2.21. The molecule has 0 atom stereocenters. The van der Waals surface area contributed by atoms with Crippen molar-refractivity contribution in [1.82, 2.24) is 0 Å². The van der Waals surface area contributed by atoms with E-state index >= 15 is 0 Å². The zero-order valence-corrected chi connectivity index (χ0v) is 5.63. The van der Waals surface area contributed by atoms with Crippen LogP contribution in [0.5, 0.6) is 0 Å². The van der Waals surface area contributed by atoms with Crippen molar-refractivity contribution in [2.75, 3.05) is 0 Å². The first-order valence-electron chi connectivity index (χ1n) is 0.651. The van der Waals surface area contributed by atoms with E-state index in [1.807, 2.05) is 0 Å². The Bertz CT molecular complexity index is 29.9. The molecule has 4 heteroatoms. The summed E-state index contributed by atoms with van der Waals surface area (Å²) in [5, 5.41) is 0. The maximum Gasteiger partial charge on any atom is 0.0976 e. The Morgan fingerprint density at radius 2 is 1.40 bits per heavy atom. The standard InChI is InChI=1S/CH2S3.ClH/c2-1(3)4;/h(H2,2,3,4);1H. The monoisotopic (exact) mass is 146 g/mol. The molecule has 0 aliphatic heterocycles. The lowest BCUT2D eigenvalue weighted by atomic mass is 11.9. The van der Waals surface area contributed by atoms with Crippen LogP contribution in [0.4, 0.5) is 0 Å². The Kier molecular flexibility index (Phi) is 9.58. The van der Waals surface area contributed by atoms with Gasteiger partial charge in [0.2, 0.25) is 0 Å². The fraction of sp³-hybridized carbons (Fsp3) is 0. The van der Waals surface area contributed by atoms with Crippen LogP contribution in [0.2, 0.25) is 0 Å². The number of thiol groups is 2. The van der Waals surface area contributed by atoms with Gasteiger partial charge in [-0.2, -0.15) is 0 Å². The maximum atomic E-state index is 4.27. The third-order valence-corrected chi connectivity index (χ3v) is 0. The number of rotatable bonds is 0. The number of hydrogen-bond donors (Lipinski definition) is 2. The molecule has 0 heterocycles. The van der Waals surface area contributed by atoms with E-state index < -0.39 is 0 Å². The largest absolute Gasteiger partial charge is 0.147 e. The third kappa shape index (κ3) is 41.3. The van der Waals surface area contributed by atoms with Crippen LogP contribution < -0.4 is 0 Å². The molecule has 0 saturated carbocycles. The van der Waals surface area contributed by atoms with E-state index in [4.69, 9.17) is 0 Å². The van der Waals surface area contributed by atoms with Crippen molar-refractivity contribution in [3.05, 3.63) is 0 Å². The molecule has 32 valence electrons. The van der Waals surface area contributed by atoms with Gasteiger partial charge in [0.1, 0.15) is 0 Å². The van der Waals surface area contributed by atoms with Gasteiger partial charge < -0.3 is 0 Å². The van der Waals surface area contributed by atoms with Crippen LogP contribution in [-0.4, -0.2) is 3.53 Å². The molecule has 0 rings (SSSR count). The summed E-state index contributed by atoms with van der Waals surface area (Å²) in [6.45, 7) is 0. The predicted molar refractivity (Wildman–Crippen MR) is 37.8 cm³/mol. The first-order chi connectivity index (χ1) is 1.73. The summed E-state index contributed by atoms with van der Waals surface area (Å²) in [4.78, 5) is 0. The highest BCUT2D eigenvalue weighted by Gasteiger charge is 1.58. The molecule has 0 bridgehead atoms. The van der Waals surface area contributed by atoms with Gasteiger partial charge >= 0.3 is 0 Å². The first-order valence-corrected chi connectivity index (χ1v) is 1.95. The van der Waals surface area contributed by atoms with Crippen molar-refractivity contribution in [3.8, 4) is 0 Å². The van der Waals surface area contributed by atoms with Crippen LogP contribution in [0.3, 0.4) is 0 Å². The van der Waals surface area contributed by atoms with Gasteiger partial charge in [0, 0.05) is 0 Å². The van der Waals surface area contributed by atoms with Crippen molar-refractivity contribution in [2.45, 2.75) is 0 Å². The lowest BCUT2D eigenvalue weighted by Gasteiger charge is -1.59. The summed E-state index contributed by atoms with van der Waals surface area (Å²) < 4.78 is 0.389. The second kappa shape index (κ2) is 5.08. The lowest BCUT2D eigenvalue weighted by molar-refractivity contribution is 4.26. The summed E-state index contributed by atoms with van der Waals surface area (Å²) in [5.41, 5.74) is 0. The minimum atomic E-state index is 0. The van der Waals surface area contributed by atoms with Crippen LogP contribution in [-0.2, 0) is 0 Å². The Labute approximate surface area is 53.6 Å². The van der Waals surface area contributed by atoms with Crippen LogP contribution in [0.1, 0.15) is 0 Å². The molecule has 0 spiro atoms. The van der Waals surface area contributed by atoms with Crippen molar-refractivity contribution >= 4 is 53.4 Å². The van der Waals surface area contributed by atoms with Crippen molar-refractivity contribution < 1.29 is 0 Å². The van der Waals surface area contributed by atoms with E-state index in [0.29, 0.717) is 3.53 Å². The average Bonchev–Trinajstić information content (AvgIpc) is 0.811. The van der Waals surface area contributed by atoms with Crippen LogP contribution in [0.15, 0.2) is 0 Å². The van der Waals surface area contributed by atoms with E-state index in [2.05, 4.69) is 37.5 Å². The summed E-state index contributed by atoms with van der Waals surface area (Å²) in [7, 11) is 0. The highest BCUT2D eigenvalue weighted by atomic mass is 35.5. The Hall–Kier alpha value is 1.08. The van der Waals surface area contributed by atoms with E-state index in [1.54, 1.807) is 0 Å². The molecule has 0 nitrogen and oxygen atoms in total. The second-order valence-corrected chi connectivity index (χ2v) is 2.54. The predicted octanol–water partition coefficient (Wildman–Crippen LogP) is 1.55. The molecule has 0 N–H and O–H groups in total. The van der Waals surface area contributed by atoms with E-state index in [1.165, 1.54) is 0 Å². The molecule has 0 aliphatic carbocycles. The van der Waals surface area contributed by atoms with Gasteiger partial charge in [-0.25, -0.2) is 0 Å². The number of halogens is 1. The Morgan fingerprint density at radius 1 is 1.40 bits per heavy atom. The van der Waals surface area contributed by atoms with E-state index in [-0.39, 0.29) is 12.4 Å². The SMILES string of the molecule is Cl.S=C(S)S. The molecule has 0 aromatic carbocycles. The maximum absolute atomic E-state index is 4.27. The minimum absolute atomic E-state index is 0. The van der Waals surface area contributed by atoms with Crippen LogP contribution in [0, 0.1) is 0 Å². The van der Waals surface area contributed by atoms with Gasteiger partial charge in [0.25, 0.3) is 0 Å². The van der Waals surface area contributed by atoms with E-state index in [9.17, 15) is 0 Å². The molecule has 0 unspecified atom stereocenters. The highest BCUT2D eigenvalue weighted by Crippen LogP contribution is 1.83. The van der Waals surface area contributed by atoms with Crippen molar-refractivity contribution in [2.24, 2.45) is 0 Å². The second-order valence-electron chi connectivity index (χ2n) is 0.283. The van der Waals surface area contributed by atoms with Gasteiger partial charge in [-0.1, -0.05) is 12.2 Å². The molecule has 0 aromatic rings. The molecule has 0 fully saturated rings. The fourth-order valence-electron chi connectivity index (χ4n) is 0. The molecule has 0 saturated heterocycles. The molecule has 0 radical (unpaired) electrons. The normalized spacial score (nSPS) is 5.20. The Morgan fingerprint density at radius 3 is 1.40 bits per heavy atom. The summed E-state index contributed by atoms with van der Waals surface area (Å²) in [6.07, 6.45) is 0. The lowest BCUT2D eigenvalue weighted by Crippen LogP contribution is -1.46. The van der Waals surface area contributed by atoms with Crippen LogP contribution in [0.25, 0.3) is 0 Å². The molecular formula is CH3ClS3. The minimum Gasteiger partial charge on any atom is -0.147 e. The number of hydrogen-bond acceptors (Lipinski definition) is 1. The summed E-state index contributed by atoms with van der Waals surface area (Å²) in [5.74, 6) is 0. The van der Waals surface area contributed by atoms with Gasteiger partial charge in [0.15, 0.2) is 0 Å².